The Bertz CT molecular complexity index is 445. The number of rotatable bonds is 0. The lowest BCUT2D eigenvalue weighted by molar-refractivity contribution is 0.390. The minimum absolute atomic E-state index is 0. The van der Waals surface area contributed by atoms with Gasteiger partial charge in [0, 0.05) is 13.2 Å². The lowest BCUT2D eigenvalue weighted by Crippen LogP contribution is -2.01. The van der Waals surface area contributed by atoms with E-state index < -0.39 is 9.84 Å². The van der Waals surface area contributed by atoms with Gasteiger partial charge in [-0.1, -0.05) is 20.3 Å². The molecule has 0 bridgehead atoms. The van der Waals surface area contributed by atoms with Gasteiger partial charge in [0.25, 0.3) is 0 Å². The molecule has 0 aromatic heterocycles. The van der Waals surface area contributed by atoms with Crippen molar-refractivity contribution in [1.29, 1.82) is 0 Å². The Morgan fingerprint density at radius 1 is 1.47 bits per heavy atom. The molecule has 15 heavy (non-hydrogen) atoms. The molecule has 0 aliphatic carbocycles. The Labute approximate surface area is 91.5 Å². The summed E-state index contributed by atoms with van der Waals surface area (Å²) in [6.07, 6.45) is 1.25. The lowest BCUT2D eigenvalue weighted by atomic mass is 10.3. The number of benzene rings is 1. The number of sulfone groups is 1. The number of ether oxygens (including phenoxy) is 1. The van der Waals surface area contributed by atoms with Crippen molar-refractivity contribution in [2.45, 2.75) is 25.2 Å². The Hall–Kier alpha value is -1.23. The molecule has 0 atom stereocenters. The highest BCUT2D eigenvalue weighted by molar-refractivity contribution is 7.91. The van der Waals surface area contributed by atoms with Crippen LogP contribution in [-0.4, -0.2) is 14.4 Å². The lowest BCUT2D eigenvalue weighted by Gasteiger charge is -1.96. The molecule has 1 aliphatic rings. The maximum absolute atomic E-state index is 11.2. The molecule has 0 unspecified atom stereocenters. The maximum Gasteiger partial charge on any atom is 0.216 e. The van der Waals surface area contributed by atoms with Crippen molar-refractivity contribution in [3.05, 3.63) is 18.2 Å². The van der Waals surface area contributed by atoms with Gasteiger partial charge in [-0.05, 0) is 12.1 Å². The molecule has 1 heterocycles. The van der Waals surface area contributed by atoms with Gasteiger partial charge >= 0.3 is 0 Å². The van der Waals surface area contributed by atoms with Crippen molar-refractivity contribution in [3.8, 4) is 5.75 Å². The zero-order valence-corrected chi connectivity index (χ0v) is 9.67. The molecule has 4 nitrogen and oxygen atoms in total. The van der Waals surface area contributed by atoms with Crippen LogP contribution in [0.4, 0.5) is 5.69 Å². The molecule has 0 fully saturated rings. The molecule has 2 rings (SSSR count). The number of hydrogen-bond acceptors (Lipinski definition) is 4. The quantitative estimate of drug-likeness (QED) is 0.694. The number of fused-ring (bicyclic) bond motifs is 1. The summed E-state index contributed by atoms with van der Waals surface area (Å²) in [6, 6.07) is 4.53. The standard InChI is InChI=1S/C7H7NO3S.C3H8.H2/c8-5-1-2-7-6(3-5)11-4-12(7,9)10;1-3-2;/h1-3H,4,8H2;3H2,1-2H3;1H. The van der Waals surface area contributed by atoms with Crippen molar-refractivity contribution in [2.75, 3.05) is 11.7 Å². The van der Waals surface area contributed by atoms with Gasteiger partial charge in [0.15, 0.2) is 5.94 Å². The van der Waals surface area contributed by atoms with Crippen LogP contribution in [0, 0.1) is 0 Å². The predicted octanol–water partition coefficient (Wildman–Crippen LogP) is 2.05. The molecule has 0 saturated heterocycles. The second kappa shape index (κ2) is 4.53. The average Bonchev–Trinajstić information content (AvgIpc) is 2.43. The van der Waals surface area contributed by atoms with Gasteiger partial charge < -0.3 is 10.5 Å². The molecule has 0 saturated carbocycles. The summed E-state index contributed by atoms with van der Waals surface area (Å²) in [5, 5.41) is 0. The van der Waals surface area contributed by atoms with Gasteiger partial charge in [-0.3, -0.25) is 0 Å². The second-order valence-corrected chi connectivity index (χ2v) is 5.20. The highest BCUT2D eigenvalue weighted by atomic mass is 32.2. The topological polar surface area (TPSA) is 69.4 Å². The Balaban J connectivity index is 0.000000511. The van der Waals surface area contributed by atoms with E-state index in [4.69, 9.17) is 10.5 Å². The van der Waals surface area contributed by atoms with Gasteiger partial charge in [0.2, 0.25) is 9.84 Å². The summed E-state index contributed by atoms with van der Waals surface area (Å²) in [6.45, 7) is 4.25. The largest absolute Gasteiger partial charge is 0.476 e. The summed E-state index contributed by atoms with van der Waals surface area (Å²) in [5.41, 5.74) is 5.95. The first-order chi connectivity index (χ1) is 7.01. The van der Waals surface area contributed by atoms with E-state index in [1.54, 1.807) is 6.07 Å². The predicted molar refractivity (Wildman–Crippen MR) is 61.6 cm³/mol. The van der Waals surface area contributed by atoms with E-state index in [2.05, 4.69) is 13.8 Å². The van der Waals surface area contributed by atoms with Crippen LogP contribution < -0.4 is 10.5 Å². The van der Waals surface area contributed by atoms with E-state index in [1.165, 1.54) is 18.6 Å². The first kappa shape index (κ1) is 11.8. The Morgan fingerprint density at radius 3 is 2.67 bits per heavy atom. The van der Waals surface area contributed by atoms with Crippen LogP contribution in [0.1, 0.15) is 21.7 Å². The van der Waals surface area contributed by atoms with Crippen LogP contribution in [0.25, 0.3) is 0 Å². The van der Waals surface area contributed by atoms with E-state index in [-0.39, 0.29) is 12.3 Å². The third-order valence-electron chi connectivity index (χ3n) is 1.67. The number of nitrogen functional groups attached to an aromatic ring is 1. The third-order valence-corrected chi connectivity index (χ3v) is 3.11. The summed E-state index contributed by atoms with van der Waals surface area (Å²) in [4.78, 5) is 0.233. The molecule has 5 heteroatoms. The van der Waals surface area contributed by atoms with Crippen molar-refractivity contribution in [1.82, 2.24) is 0 Å². The SMILES string of the molecule is CCC.Nc1ccc2c(c1)OCS2(=O)=O.[HH]. The van der Waals surface area contributed by atoms with Gasteiger partial charge in [-0.2, -0.15) is 0 Å². The minimum atomic E-state index is -3.20. The van der Waals surface area contributed by atoms with Crippen molar-refractivity contribution < 1.29 is 14.6 Å². The molecule has 0 amide bonds. The molecular weight excluding hydrogens is 214 g/mol. The molecule has 0 radical (unpaired) electrons. The van der Waals surface area contributed by atoms with Crippen molar-refractivity contribution in [2.24, 2.45) is 0 Å². The fourth-order valence-electron chi connectivity index (χ4n) is 1.10. The van der Waals surface area contributed by atoms with E-state index >= 15 is 0 Å². The van der Waals surface area contributed by atoms with Crippen molar-refractivity contribution in [3.63, 3.8) is 0 Å². The van der Waals surface area contributed by atoms with Crippen LogP contribution in [0.5, 0.6) is 5.75 Å². The monoisotopic (exact) mass is 231 g/mol. The van der Waals surface area contributed by atoms with Crippen LogP contribution >= 0.6 is 0 Å². The number of hydrogen-bond donors (Lipinski definition) is 1. The van der Waals surface area contributed by atoms with Gasteiger partial charge in [0.05, 0.1) is 0 Å². The molecule has 2 N–H and O–H groups in total. The van der Waals surface area contributed by atoms with Crippen LogP contribution in [0.2, 0.25) is 0 Å². The highest BCUT2D eigenvalue weighted by Crippen LogP contribution is 2.32. The molecule has 86 valence electrons. The van der Waals surface area contributed by atoms with E-state index in [0.717, 1.165) is 0 Å². The van der Waals surface area contributed by atoms with Gasteiger partial charge in [-0.15, -0.1) is 0 Å². The Morgan fingerprint density at radius 2 is 2.07 bits per heavy atom. The van der Waals surface area contributed by atoms with E-state index in [9.17, 15) is 8.42 Å². The fourth-order valence-corrected chi connectivity index (χ4v) is 2.21. The van der Waals surface area contributed by atoms with E-state index in [1.807, 2.05) is 0 Å². The molecule has 1 aromatic rings. The normalized spacial score (nSPS) is 15.9. The van der Waals surface area contributed by atoms with Crippen LogP contribution in [0.15, 0.2) is 23.1 Å². The zero-order valence-electron chi connectivity index (χ0n) is 8.86. The third kappa shape index (κ3) is 2.62. The first-order valence-electron chi connectivity index (χ1n) is 4.76. The second-order valence-electron chi connectivity index (χ2n) is 3.29. The molecule has 1 aromatic carbocycles. The van der Waals surface area contributed by atoms with Crippen LogP contribution in [0.3, 0.4) is 0 Å². The molecule has 0 spiro atoms. The van der Waals surface area contributed by atoms with Crippen molar-refractivity contribution >= 4 is 15.5 Å². The molecule has 1 aliphatic heterocycles. The van der Waals surface area contributed by atoms with Gasteiger partial charge in [-0.25, -0.2) is 8.42 Å². The summed E-state index contributed by atoms with van der Waals surface area (Å²) in [7, 11) is -3.20. The summed E-state index contributed by atoms with van der Waals surface area (Å²) < 4.78 is 27.3. The first-order valence-corrected chi connectivity index (χ1v) is 6.41. The zero-order chi connectivity index (χ0) is 11.5. The van der Waals surface area contributed by atoms with Crippen LogP contribution in [-0.2, 0) is 9.84 Å². The minimum Gasteiger partial charge on any atom is -0.476 e. The maximum atomic E-state index is 11.2. The van der Waals surface area contributed by atoms with Gasteiger partial charge in [0.1, 0.15) is 10.6 Å². The highest BCUT2D eigenvalue weighted by Gasteiger charge is 2.27. The number of nitrogens with two attached hydrogens (primary N) is 1. The average molecular weight is 231 g/mol. The fraction of sp³-hybridized carbons (Fsp3) is 0.400. The van der Waals surface area contributed by atoms with E-state index in [0.29, 0.717) is 11.4 Å². The summed E-state index contributed by atoms with van der Waals surface area (Å²) in [5.74, 6) is 0.0844. The smallest absolute Gasteiger partial charge is 0.216 e. The number of anilines is 1. The molecular formula is C10H17NO3S. The summed E-state index contributed by atoms with van der Waals surface area (Å²) >= 11 is 0. The Kier molecular flexibility index (Phi) is 3.57.